The number of carbonyl (C=O) groups excluding carboxylic acids is 1. The fourth-order valence-corrected chi connectivity index (χ4v) is 4.88. The monoisotopic (exact) mass is 453 g/mol. The van der Waals surface area contributed by atoms with Gasteiger partial charge in [-0.2, -0.15) is 5.26 Å². The predicted octanol–water partition coefficient (Wildman–Crippen LogP) is 5.45. The zero-order valence-corrected chi connectivity index (χ0v) is 18.7. The molecule has 8 heteroatoms. The van der Waals surface area contributed by atoms with Crippen molar-refractivity contribution >= 4 is 40.1 Å². The van der Waals surface area contributed by atoms with E-state index in [1.54, 1.807) is 54.8 Å². The van der Waals surface area contributed by atoms with E-state index in [4.69, 9.17) is 20.8 Å². The van der Waals surface area contributed by atoms with Crippen molar-refractivity contribution in [2.24, 2.45) is 4.99 Å². The minimum absolute atomic E-state index is 0.272. The number of hydrogen-bond acceptors (Lipinski definition) is 7. The molecule has 158 valence electrons. The van der Waals surface area contributed by atoms with Crippen LogP contribution in [-0.4, -0.2) is 37.3 Å². The molecule has 0 fully saturated rings. The average Bonchev–Trinajstić information content (AvgIpc) is 3.36. The van der Waals surface area contributed by atoms with Crippen LogP contribution < -0.4 is 0 Å². The standard InChI is InChI=1S/C23H20ClN3O3S/c1-3-29-23(28)17-10-14(4-6-19(17)24)20-7-5-15(30-20)12-26-22-18(11-25)16-8-9-27(2)13-21(16)31-22/h4-7,10,12H,3,8-9,13H2,1-2H3. The zero-order valence-electron chi connectivity index (χ0n) is 17.1. The summed E-state index contributed by atoms with van der Waals surface area (Å²) in [5.41, 5.74) is 2.78. The van der Waals surface area contributed by atoms with E-state index in [9.17, 15) is 10.1 Å². The molecule has 3 aromatic rings. The maximum atomic E-state index is 12.1. The Morgan fingerprint density at radius 3 is 3.03 bits per heavy atom. The molecule has 0 bridgehead atoms. The number of carbonyl (C=O) groups is 1. The number of nitriles is 1. The van der Waals surface area contributed by atoms with Gasteiger partial charge in [-0.1, -0.05) is 11.6 Å². The number of fused-ring (bicyclic) bond motifs is 1. The normalized spacial score (nSPS) is 13.9. The second-order valence-corrected chi connectivity index (χ2v) is 8.65. The predicted molar refractivity (Wildman–Crippen MR) is 121 cm³/mol. The van der Waals surface area contributed by atoms with Crippen LogP contribution in [0, 0.1) is 11.3 Å². The highest BCUT2D eigenvalue weighted by atomic mass is 35.5. The molecule has 1 aliphatic rings. The summed E-state index contributed by atoms with van der Waals surface area (Å²) in [6.07, 6.45) is 2.48. The lowest BCUT2D eigenvalue weighted by atomic mass is 10.0. The first-order valence-electron chi connectivity index (χ1n) is 9.84. The molecule has 0 atom stereocenters. The number of benzene rings is 1. The first-order valence-corrected chi connectivity index (χ1v) is 11.0. The molecule has 4 rings (SSSR count). The highest BCUT2D eigenvalue weighted by Crippen LogP contribution is 2.38. The van der Waals surface area contributed by atoms with Gasteiger partial charge in [0.1, 0.15) is 22.6 Å². The zero-order chi connectivity index (χ0) is 22.0. The molecule has 0 amide bonds. The first kappa shape index (κ1) is 21.3. The minimum Gasteiger partial charge on any atom is -0.462 e. The molecule has 1 aromatic carbocycles. The van der Waals surface area contributed by atoms with Crippen LogP contribution in [0.4, 0.5) is 5.00 Å². The van der Waals surface area contributed by atoms with Crippen LogP contribution in [0.15, 0.2) is 39.7 Å². The number of esters is 1. The van der Waals surface area contributed by atoms with Crippen LogP contribution >= 0.6 is 22.9 Å². The molecule has 0 radical (unpaired) electrons. The van der Waals surface area contributed by atoms with E-state index in [1.807, 2.05) is 0 Å². The number of hydrogen-bond donors (Lipinski definition) is 0. The van der Waals surface area contributed by atoms with Gasteiger partial charge in [0.15, 0.2) is 0 Å². The first-order chi connectivity index (χ1) is 15.0. The SMILES string of the molecule is CCOC(=O)c1cc(-c2ccc(C=Nc3sc4c(c3C#N)CCN(C)C4)o2)ccc1Cl. The maximum Gasteiger partial charge on any atom is 0.339 e. The highest BCUT2D eigenvalue weighted by Gasteiger charge is 2.22. The summed E-state index contributed by atoms with van der Waals surface area (Å²) in [5, 5.41) is 10.6. The van der Waals surface area contributed by atoms with Crippen molar-refractivity contribution < 1.29 is 13.9 Å². The summed E-state index contributed by atoms with van der Waals surface area (Å²) in [6, 6.07) is 11.0. The van der Waals surface area contributed by atoms with E-state index in [0.29, 0.717) is 38.2 Å². The molecule has 2 aromatic heterocycles. The fraction of sp³-hybridized carbons (Fsp3) is 0.261. The lowest BCUT2D eigenvalue weighted by Crippen LogP contribution is -2.25. The van der Waals surface area contributed by atoms with Gasteiger partial charge in [-0.3, -0.25) is 0 Å². The molecule has 0 unspecified atom stereocenters. The summed E-state index contributed by atoms with van der Waals surface area (Å²) in [7, 11) is 2.08. The summed E-state index contributed by atoms with van der Waals surface area (Å²) < 4.78 is 10.9. The second-order valence-electron chi connectivity index (χ2n) is 7.16. The number of thiophene rings is 1. The van der Waals surface area contributed by atoms with Crippen molar-refractivity contribution in [2.45, 2.75) is 19.9 Å². The summed E-state index contributed by atoms with van der Waals surface area (Å²) >= 11 is 7.69. The van der Waals surface area contributed by atoms with Crippen LogP contribution in [-0.2, 0) is 17.7 Å². The van der Waals surface area contributed by atoms with Gasteiger partial charge < -0.3 is 14.1 Å². The number of halogens is 1. The molecule has 0 saturated heterocycles. The fourth-order valence-electron chi connectivity index (χ4n) is 3.47. The van der Waals surface area contributed by atoms with Gasteiger partial charge in [0, 0.05) is 23.5 Å². The largest absolute Gasteiger partial charge is 0.462 e. The van der Waals surface area contributed by atoms with Crippen molar-refractivity contribution in [3.05, 3.63) is 62.7 Å². The van der Waals surface area contributed by atoms with E-state index >= 15 is 0 Å². The number of nitrogens with zero attached hydrogens (tertiary/aromatic N) is 3. The third-order valence-corrected chi connectivity index (χ3v) is 6.48. The van der Waals surface area contributed by atoms with E-state index in [-0.39, 0.29) is 6.61 Å². The highest BCUT2D eigenvalue weighted by molar-refractivity contribution is 7.16. The molecule has 1 aliphatic heterocycles. The quantitative estimate of drug-likeness (QED) is 0.379. The van der Waals surface area contributed by atoms with E-state index in [0.717, 1.165) is 25.1 Å². The summed E-state index contributed by atoms with van der Waals surface area (Å²) in [6.45, 7) is 3.80. The number of ether oxygens (including phenoxy) is 1. The molecule has 3 heterocycles. The molecular formula is C23H20ClN3O3S. The molecule has 0 N–H and O–H groups in total. The van der Waals surface area contributed by atoms with Crippen molar-refractivity contribution in [1.82, 2.24) is 4.90 Å². The van der Waals surface area contributed by atoms with Gasteiger partial charge in [-0.25, -0.2) is 9.79 Å². The van der Waals surface area contributed by atoms with Crippen LogP contribution in [0.3, 0.4) is 0 Å². The molecule has 0 spiro atoms. The Hall–Kier alpha value is -2.92. The van der Waals surface area contributed by atoms with Gasteiger partial charge >= 0.3 is 5.97 Å². The van der Waals surface area contributed by atoms with Crippen molar-refractivity contribution in [1.29, 1.82) is 5.26 Å². The molecule has 0 saturated carbocycles. The summed E-state index contributed by atoms with van der Waals surface area (Å²) in [5.74, 6) is 0.658. The molecule has 6 nitrogen and oxygen atoms in total. The molecular weight excluding hydrogens is 434 g/mol. The Kier molecular flexibility index (Phi) is 6.23. The van der Waals surface area contributed by atoms with Crippen molar-refractivity contribution in [3.63, 3.8) is 0 Å². The third-order valence-electron chi connectivity index (χ3n) is 5.02. The van der Waals surface area contributed by atoms with Crippen LogP contribution in [0.5, 0.6) is 0 Å². The van der Waals surface area contributed by atoms with Gasteiger partial charge in [0.25, 0.3) is 0 Å². The van der Waals surface area contributed by atoms with Crippen molar-refractivity contribution in [2.75, 3.05) is 20.2 Å². The third kappa shape index (κ3) is 4.42. The van der Waals surface area contributed by atoms with Gasteiger partial charge in [0.05, 0.1) is 29.0 Å². The number of furan rings is 1. The van der Waals surface area contributed by atoms with Gasteiger partial charge in [-0.05, 0) is 56.3 Å². The Morgan fingerprint density at radius 1 is 1.42 bits per heavy atom. The Morgan fingerprint density at radius 2 is 2.26 bits per heavy atom. The lowest BCUT2D eigenvalue weighted by Gasteiger charge is -2.21. The van der Waals surface area contributed by atoms with E-state index < -0.39 is 5.97 Å². The van der Waals surface area contributed by atoms with E-state index in [1.165, 1.54) is 4.88 Å². The summed E-state index contributed by atoms with van der Waals surface area (Å²) in [4.78, 5) is 20.1. The Balaban J connectivity index is 1.58. The Bertz CT molecular complexity index is 1210. The Labute approximate surface area is 189 Å². The van der Waals surface area contributed by atoms with E-state index in [2.05, 4.69) is 23.0 Å². The molecule has 31 heavy (non-hydrogen) atoms. The average molecular weight is 454 g/mol. The smallest absolute Gasteiger partial charge is 0.339 e. The van der Waals surface area contributed by atoms with Gasteiger partial charge in [0.2, 0.25) is 0 Å². The second kappa shape index (κ2) is 9.06. The minimum atomic E-state index is -0.473. The van der Waals surface area contributed by atoms with Crippen LogP contribution in [0.1, 0.15) is 39.0 Å². The van der Waals surface area contributed by atoms with Crippen LogP contribution in [0.25, 0.3) is 11.3 Å². The van der Waals surface area contributed by atoms with Crippen LogP contribution in [0.2, 0.25) is 5.02 Å². The number of aliphatic imine (C=N–C) groups is 1. The van der Waals surface area contributed by atoms with Crippen molar-refractivity contribution in [3.8, 4) is 17.4 Å². The number of likely N-dealkylation sites (N-methyl/N-ethyl adjacent to an activating group) is 1. The topological polar surface area (TPSA) is 78.8 Å². The molecule has 0 aliphatic carbocycles. The van der Waals surface area contributed by atoms with Gasteiger partial charge in [-0.15, -0.1) is 11.3 Å². The lowest BCUT2D eigenvalue weighted by molar-refractivity contribution is 0.0526. The maximum absolute atomic E-state index is 12.1. The number of rotatable bonds is 5.